The number of rotatable bonds is 5. The first kappa shape index (κ1) is 22.5. The molecule has 1 fully saturated rings. The summed E-state index contributed by atoms with van der Waals surface area (Å²) >= 11 is 0. The Kier molecular flexibility index (Phi) is 5.92. The van der Waals surface area contributed by atoms with Crippen LogP contribution in [0.1, 0.15) is 49.5 Å². The van der Waals surface area contributed by atoms with E-state index in [1.165, 1.54) is 17.0 Å². The van der Waals surface area contributed by atoms with Crippen LogP contribution in [0.2, 0.25) is 0 Å². The van der Waals surface area contributed by atoms with E-state index in [0.29, 0.717) is 23.1 Å². The average molecular weight is 459 g/mol. The molecule has 0 spiro atoms. The third-order valence-corrected chi connectivity index (χ3v) is 5.70. The van der Waals surface area contributed by atoms with Crippen LogP contribution in [-0.4, -0.2) is 58.7 Å². The molecule has 33 heavy (non-hydrogen) atoms. The first-order valence-electron chi connectivity index (χ1n) is 10.4. The lowest BCUT2D eigenvalue weighted by Gasteiger charge is -2.24. The second-order valence-electron chi connectivity index (χ2n) is 7.93. The first-order valence-corrected chi connectivity index (χ1v) is 10.4. The molecule has 1 unspecified atom stereocenters. The maximum atomic E-state index is 12.9. The van der Waals surface area contributed by atoms with Crippen molar-refractivity contribution in [1.82, 2.24) is 15.1 Å². The standard InChI is InChI=1S/C23H20F3N3O4/c24-23(25,26)13-27-19(30)18-6-3-11-28(18)20(31)15-9-7-14(8-10-15)12-29-21(32)16-4-1-2-5-17(16)22(29)33/h1-2,4-5,7-10,18H,3,6,11-13H2,(H,27,30). The molecule has 2 aromatic carbocycles. The Bertz CT molecular complexity index is 1080. The number of carbonyl (C=O) groups excluding carboxylic acids is 4. The number of carbonyl (C=O) groups is 4. The number of likely N-dealkylation sites (tertiary alicyclic amines) is 1. The second-order valence-corrected chi connectivity index (χ2v) is 7.93. The van der Waals surface area contributed by atoms with Gasteiger partial charge >= 0.3 is 6.18 Å². The highest BCUT2D eigenvalue weighted by Gasteiger charge is 2.37. The van der Waals surface area contributed by atoms with Gasteiger partial charge in [0.25, 0.3) is 17.7 Å². The van der Waals surface area contributed by atoms with E-state index >= 15 is 0 Å². The molecule has 1 N–H and O–H groups in total. The van der Waals surface area contributed by atoms with Crippen LogP contribution in [0.25, 0.3) is 0 Å². The number of nitrogens with one attached hydrogen (secondary N) is 1. The molecule has 0 saturated carbocycles. The van der Waals surface area contributed by atoms with Crippen LogP contribution in [0, 0.1) is 0 Å². The van der Waals surface area contributed by atoms with Gasteiger partial charge in [0, 0.05) is 12.1 Å². The number of nitrogens with zero attached hydrogens (tertiary/aromatic N) is 2. The SMILES string of the molecule is O=C(NCC(F)(F)F)C1CCCN1C(=O)c1ccc(CN2C(=O)c3ccccc3C2=O)cc1. The van der Waals surface area contributed by atoms with Crippen LogP contribution in [-0.2, 0) is 11.3 Å². The number of hydrogen-bond donors (Lipinski definition) is 1. The number of halogens is 3. The van der Waals surface area contributed by atoms with Crippen LogP contribution in [0.4, 0.5) is 13.2 Å². The molecule has 0 radical (unpaired) electrons. The smallest absolute Gasteiger partial charge is 0.345 e. The van der Waals surface area contributed by atoms with Gasteiger partial charge in [0.05, 0.1) is 17.7 Å². The molecule has 0 aliphatic carbocycles. The molecule has 2 aromatic rings. The summed E-state index contributed by atoms with van der Waals surface area (Å²) in [5, 5.41) is 1.84. The second kappa shape index (κ2) is 8.68. The summed E-state index contributed by atoms with van der Waals surface area (Å²) in [5.41, 5.74) is 1.58. The van der Waals surface area contributed by atoms with Gasteiger partial charge in [-0.15, -0.1) is 0 Å². The maximum Gasteiger partial charge on any atom is 0.405 e. The van der Waals surface area contributed by atoms with Crippen LogP contribution < -0.4 is 5.32 Å². The average Bonchev–Trinajstić information content (AvgIpc) is 3.37. The van der Waals surface area contributed by atoms with Crippen molar-refractivity contribution in [1.29, 1.82) is 0 Å². The number of fused-ring (bicyclic) bond motifs is 1. The largest absolute Gasteiger partial charge is 0.405 e. The van der Waals surface area contributed by atoms with Gasteiger partial charge in [0.15, 0.2) is 0 Å². The number of amides is 4. The molecule has 2 aliphatic heterocycles. The highest BCUT2D eigenvalue weighted by molar-refractivity contribution is 6.21. The molecule has 7 nitrogen and oxygen atoms in total. The molecule has 2 heterocycles. The molecule has 1 saturated heterocycles. The fourth-order valence-corrected chi connectivity index (χ4v) is 4.07. The molecule has 2 aliphatic rings. The minimum absolute atomic E-state index is 0.0347. The van der Waals surface area contributed by atoms with Crippen LogP contribution >= 0.6 is 0 Å². The van der Waals surface area contributed by atoms with Crippen molar-refractivity contribution >= 4 is 23.6 Å². The number of benzene rings is 2. The zero-order valence-corrected chi connectivity index (χ0v) is 17.4. The maximum absolute atomic E-state index is 12.9. The summed E-state index contributed by atoms with van der Waals surface area (Å²) in [6.45, 7) is -1.15. The molecule has 0 bridgehead atoms. The van der Waals surface area contributed by atoms with Gasteiger partial charge in [0.1, 0.15) is 12.6 Å². The van der Waals surface area contributed by atoms with E-state index in [4.69, 9.17) is 0 Å². The predicted molar refractivity (Wildman–Crippen MR) is 110 cm³/mol. The van der Waals surface area contributed by atoms with Crippen molar-refractivity contribution in [3.8, 4) is 0 Å². The van der Waals surface area contributed by atoms with Crippen molar-refractivity contribution in [2.45, 2.75) is 31.6 Å². The first-order chi connectivity index (χ1) is 15.7. The van der Waals surface area contributed by atoms with Gasteiger partial charge in [-0.3, -0.25) is 24.1 Å². The van der Waals surface area contributed by atoms with Crippen molar-refractivity contribution in [2.75, 3.05) is 13.1 Å². The highest BCUT2D eigenvalue weighted by Crippen LogP contribution is 2.25. The lowest BCUT2D eigenvalue weighted by atomic mass is 10.1. The highest BCUT2D eigenvalue weighted by atomic mass is 19.4. The Morgan fingerprint density at radius 2 is 1.58 bits per heavy atom. The Hall–Kier alpha value is -3.69. The van der Waals surface area contributed by atoms with Gasteiger partial charge in [-0.05, 0) is 42.7 Å². The normalized spacial score (nSPS) is 18.0. The summed E-state index contributed by atoms with van der Waals surface area (Å²) in [4.78, 5) is 52.5. The zero-order valence-electron chi connectivity index (χ0n) is 17.4. The molecular formula is C23H20F3N3O4. The van der Waals surface area contributed by atoms with Crippen LogP contribution in [0.15, 0.2) is 48.5 Å². The van der Waals surface area contributed by atoms with Crippen LogP contribution in [0.3, 0.4) is 0 Å². The van der Waals surface area contributed by atoms with E-state index in [1.807, 2.05) is 5.32 Å². The van der Waals surface area contributed by atoms with Gasteiger partial charge < -0.3 is 10.2 Å². The van der Waals surface area contributed by atoms with E-state index in [1.54, 1.807) is 36.4 Å². The Balaban J connectivity index is 1.42. The van der Waals surface area contributed by atoms with E-state index in [-0.39, 0.29) is 36.9 Å². The summed E-state index contributed by atoms with van der Waals surface area (Å²) in [7, 11) is 0. The number of hydrogen-bond acceptors (Lipinski definition) is 4. The van der Waals surface area contributed by atoms with Crippen LogP contribution in [0.5, 0.6) is 0 Å². The lowest BCUT2D eigenvalue weighted by molar-refractivity contribution is -0.140. The van der Waals surface area contributed by atoms with Crippen molar-refractivity contribution in [3.05, 3.63) is 70.8 Å². The molecule has 0 aromatic heterocycles. The van der Waals surface area contributed by atoms with Crippen molar-refractivity contribution in [3.63, 3.8) is 0 Å². The van der Waals surface area contributed by atoms with E-state index in [0.717, 1.165) is 4.90 Å². The molecule has 4 rings (SSSR count). The lowest BCUT2D eigenvalue weighted by Crippen LogP contribution is -2.48. The Labute approximate surface area is 187 Å². The zero-order chi connectivity index (χ0) is 23.8. The van der Waals surface area contributed by atoms with Crippen molar-refractivity contribution in [2.24, 2.45) is 0 Å². The molecule has 1 atom stereocenters. The van der Waals surface area contributed by atoms with Gasteiger partial charge in [0.2, 0.25) is 5.91 Å². The van der Waals surface area contributed by atoms with E-state index in [9.17, 15) is 32.3 Å². The number of imide groups is 1. The third kappa shape index (κ3) is 4.59. The van der Waals surface area contributed by atoms with Gasteiger partial charge in [-0.1, -0.05) is 24.3 Å². The van der Waals surface area contributed by atoms with E-state index < -0.39 is 30.6 Å². The van der Waals surface area contributed by atoms with Crippen molar-refractivity contribution < 1.29 is 32.3 Å². The Morgan fingerprint density at radius 1 is 0.970 bits per heavy atom. The van der Waals surface area contributed by atoms with Gasteiger partial charge in [-0.2, -0.15) is 13.2 Å². The molecule has 10 heteroatoms. The summed E-state index contributed by atoms with van der Waals surface area (Å²) in [6.07, 6.45) is -3.74. The monoisotopic (exact) mass is 459 g/mol. The minimum atomic E-state index is -4.53. The van der Waals surface area contributed by atoms with Gasteiger partial charge in [-0.25, -0.2) is 0 Å². The fraction of sp³-hybridized carbons (Fsp3) is 0.304. The summed E-state index contributed by atoms with van der Waals surface area (Å²) in [5.74, 6) is -2.08. The number of alkyl halides is 3. The molecular weight excluding hydrogens is 439 g/mol. The molecule has 172 valence electrons. The summed E-state index contributed by atoms with van der Waals surface area (Å²) < 4.78 is 37.2. The van der Waals surface area contributed by atoms with E-state index in [2.05, 4.69) is 0 Å². The minimum Gasteiger partial charge on any atom is -0.345 e. The predicted octanol–water partition coefficient (Wildman–Crippen LogP) is 2.77. The summed E-state index contributed by atoms with van der Waals surface area (Å²) in [6, 6.07) is 11.8. The quantitative estimate of drug-likeness (QED) is 0.697. The Morgan fingerprint density at radius 3 is 2.15 bits per heavy atom. The topological polar surface area (TPSA) is 86.8 Å². The third-order valence-electron chi connectivity index (χ3n) is 5.70. The molecule has 4 amide bonds. The fourth-order valence-electron chi connectivity index (χ4n) is 4.07.